The molecule has 0 bridgehead atoms. The van der Waals surface area contributed by atoms with Gasteiger partial charge in [-0.2, -0.15) is 5.10 Å². The van der Waals surface area contributed by atoms with Crippen LogP contribution < -0.4 is 5.73 Å². The molecule has 4 nitrogen and oxygen atoms in total. The molecule has 80 valence electrons. The van der Waals surface area contributed by atoms with Gasteiger partial charge >= 0.3 is 0 Å². The zero-order valence-corrected chi connectivity index (χ0v) is 8.98. The van der Waals surface area contributed by atoms with Crippen molar-refractivity contribution in [2.45, 2.75) is 26.3 Å². The highest BCUT2D eigenvalue weighted by molar-refractivity contribution is 5.74. The maximum atomic E-state index is 5.51. The van der Waals surface area contributed by atoms with Crippen molar-refractivity contribution in [2.75, 3.05) is 6.54 Å². The third-order valence-corrected chi connectivity index (χ3v) is 2.40. The van der Waals surface area contributed by atoms with E-state index in [1.807, 2.05) is 17.1 Å². The molecule has 4 heteroatoms. The summed E-state index contributed by atoms with van der Waals surface area (Å²) < 4.78 is 1.95. The highest BCUT2D eigenvalue weighted by Crippen LogP contribution is 2.13. The van der Waals surface area contributed by atoms with E-state index >= 15 is 0 Å². The van der Waals surface area contributed by atoms with Gasteiger partial charge in [0.15, 0.2) is 5.65 Å². The number of nitrogens with zero attached hydrogens (tertiary/aromatic N) is 3. The van der Waals surface area contributed by atoms with E-state index in [-0.39, 0.29) is 0 Å². The van der Waals surface area contributed by atoms with E-state index in [9.17, 15) is 0 Å². The Labute approximate surface area is 89.1 Å². The van der Waals surface area contributed by atoms with E-state index in [0.29, 0.717) is 6.54 Å². The van der Waals surface area contributed by atoms with Crippen LogP contribution in [0.4, 0.5) is 0 Å². The molecule has 0 aliphatic heterocycles. The third kappa shape index (κ3) is 1.99. The van der Waals surface area contributed by atoms with Crippen molar-refractivity contribution in [1.29, 1.82) is 0 Å². The van der Waals surface area contributed by atoms with Crippen molar-refractivity contribution in [3.63, 3.8) is 0 Å². The molecule has 15 heavy (non-hydrogen) atoms. The fraction of sp³-hybridized carbons (Fsp3) is 0.455. The van der Waals surface area contributed by atoms with Crippen LogP contribution in [-0.2, 0) is 13.0 Å². The average molecular weight is 204 g/mol. The molecule has 0 unspecified atom stereocenters. The van der Waals surface area contributed by atoms with Gasteiger partial charge in [-0.1, -0.05) is 6.92 Å². The topological polar surface area (TPSA) is 56.7 Å². The Balaban J connectivity index is 2.38. The number of nitrogens with two attached hydrogens (primary N) is 1. The van der Waals surface area contributed by atoms with Crippen LogP contribution in [0.1, 0.15) is 18.9 Å². The Bertz CT molecular complexity index is 447. The minimum absolute atomic E-state index is 0.663. The van der Waals surface area contributed by atoms with Gasteiger partial charge in [-0.3, -0.25) is 0 Å². The molecule has 2 heterocycles. The van der Waals surface area contributed by atoms with Crippen LogP contribution in [0.25, 0.3) is 11.0 Å². The first-order valence-electron chi connectivity index (χ1n) is 5.35. The van der Waals surface area contributed by atoms with Crippen LogP contribution in [0.3, 0.4) is 0 Å². The smallest absolute Gasteiger partial charge is 0.157 e. The number of aryl methyl sites for hydroxylation is 1. The second-order valence-electron chi connectivity index (χ2n) is 3.66. The second-order valence-corrected chi connectivity index (χ2v) is 3.66. The van der Waals surface area contributed by atoms with E-state index in [2.05, 4.69) is 23.1 Å². The van der Waals surface area contributed by atoms with Crippen molar-refractivity contribution < 1.29 is 0 Å². The molecule has 0 fully saturated rings. The molecular weight excluding hydrogens is 188 g/mol. The molecule has 0 aliphatic carbocycles. The monoisotopic (exact) mass is 204 g/mol. The van der Waals surface area contributed by atoms with Crippen LogP contribution in [0, 0.1) is 0 Å². The van der Waals surface area contributed by atoms with Crippen LogP contribution >= 0.6 is 0 Å². The van der Waals surface area contributed by atoms with E-state index in [0.717, 1.165) is 30.4 Å². The largest absolute Gasteiger partial charge is 0.330 e. The van der Waals surface area contributed by atoms with E-state index < -0.39 is 0 Å². The minimum atomic E-state index is 0.663. The van der Waals surface area contributed by atoms with Crippen LogP contribution in [0.2, 0.25) is 0 Å². The highest BCUT2D eigenvalue weighted by Gasteiger charge is 2.03. The molecule has 0 spiro atoms. The summed E-state index contributed by atoms with van der Waals surface area (Å²) in [5.74, 6) is 0. The number of hydrogen-bond donors (Lipinski definition) is 1. The summed E-state index contributed by atoms with van der Waals surface area (Å²) in [4.78, 5) is 4.42. The number of aromatic nitrogens is 3. The molecule has 0 aliphatic rings. The molecule has 2 aromatic rings. The van der Waals surface area contributed by atoms with Gasteiger partial charge < -0.3 is 5.73 Å². The Morgan fingerprint density at radius 2 is 2.27 bits per heavy atom. The first-order chi connectivity index (χ1) is 7.35. The number of fused-ring (bicyclic) bond motifs is 1. The van der Waals surface area contributed by atoms with Crippen molar-refractivity contribution >= 4 is 11.0 Å². The summed E-state index contributed by atoms with van der Waals surface area (Å²) in [6.45, 7) is 3.72. The summed E-state index contributed by atoms with van der Waals surface area (Å²) in [5.41, 5.74) is 7.66. The van der Waals surface area contributed by atoms with Crippen LogP contribution in [0.5, 0.6) is 0 Å². The summed E-state index contributed by atoms with van der Waals surface area (Å²) >= 11 is 0. The van der Waals surface area contributed by atoms with E-state index in [1.165, 1.54) is 5.56 Å². The lowest BCUT2D eigenvalue weighted by Gasteiger charge is -2.01. The Morgan fingerprint density at radius 1 is 1.40 bits per heavy atom. The van der Waals surface area contributed by atoms with Gasteiger partial charge in [0, 0.05) is 18.1 Å². The minimum Gasteiger partial charge on any atom is -0.330 e. The quantitative estimate of drug-likeness (QED) is 0.817. The van der Waals surface area contributed by atoms with Gasteiger partial charge in [-0.05, 0) is 31.0 Å². The van der Waals surface area contributed by atoms with Crippen molar-refractivity contribution in [3.8, 4) is 0 Å². The maximum absolute atomic E-state index is 5.51. The van der Waals surface area contributed by atoms with E-state index in [1.54, 1.807) is 0 Å². The fourth-order valence-electron chi connectivity index (χ4n) is 1.70. The molecule has 0 saturated carbocycles. The fourth-order valence-corrected chi connectivity index (χ4v) is 1.70. The zero-order valence-electron chi connectivity index (χ0n) is 8.98. The third-order valence-electron chi connectivity index (χ3n) is 2.40. The van der Waals surface area contributed by atoms with Gasteiger partial charge in [0.25, 0.3) is 0 Å². The molecule has 2 aromatic heterocycles. The first-order valence-corrected chi connectivity index (χ1v) is 5.35. The summed E-state index contributed by atoms with van der Waals surface area (Å²) in [6, 6.07) is 2.12. The maximum Gasteiger partial charge on any atom is 0.157 e. The molecule has 2 N–H and O–H groups in total. The van der Waals surface area contributed by atoms with Crippen LogP contribution in [-0.4, -0.2) is 21.3 Å². The van der Waals surface area contributed by atoms with Crippen molar-refractivity contribution in [1.82, 2.24) is 14.8 Å². The van der Waals surface area contributed by atoms with Crippen molar-refractivity contribution in [3.05, 3.63) is 24.0 Å². The predicted molar refractivity (Wildman–Crippen MR) is 60.6 cm³/mol. The second kappa shape index (κ2) is 4.40. The number of rotatable bonds is 4. The van der Waals surface area contributed by atoms with Gasteiger partial charge in [0.1, 0.15) is 0 Å². The molecule has 0 radical (unpaired) electrons. The van der Waals surface area contributed by atoms with E-state index in [4.69, 9.17) is 5.73 Å². The highest BCUT2D eigenvalue weighted by atomic mass is 15.3. The summed E-state index contributed by atoms with van der Waals surface area (Å²) in [6.07, 6.45) is 5.71. The summed E-state index contributed by atoms with van der Waals surface area (Å²) in [7, 11) is 0. The average Bonchev–Trinajstić information content (AvgIpc) is 2.62. The zero-order chi connectivity index (χ0) is 10.7. The first kappa shape index (κ1) is 10.1. The molecule has 0 atom stereocenters. The van der Waals surface area contributed by atoms with Gasteiger partial charge in [0.2, 0.25) is 0 Å². The van der Waals surface area contributed by atoms with Crippen LogP contribution in [0.15, 0.2) is 18.5 Å². The lowest BCUT2D eigenvalue weighted by molar-refractivity contribution is 0.617. The van der Waals surface area contributed by atoms with Gasteiger partial charge in [-0.25, -0.2) is 9.67 Å². The summed E-state index contributed by atoms with van der Waals surface area (Å²) in [5, 5.41) is 5.42. The van der Waals surface area contributed by atoms with Gasteiger partial charge in [-0.15, -0.1) is 0 Å². The predicted octanol–water partition coefficient (Wildman–Crippen LogP) is 1.34. The number of pyridine rings is 1. The molecule has 0 amide bonds. The number of hydrogen-bond acceptors (Lipinski definition) is 3. The lowest BCUT2D eigenvalue weighted by atomic mass is 10.2. The SMILES string of the molecule is CCCn1ncc2cc(CCN)cnc21. The normalized spacial score (nSPS) is 11.1. The standard InChI is InChI=1S/C11H16N4/c1-2-5-15-11-10(8-14-15)6-9(3-4-12)7-13-11/h6-8H,2-5,12H2,1H3. The Kier molecular flexibility index (Phi) is 2.97. The lowest BCUT2D eigenvalue weighted by Crippen LogP contribution is -2.03. The molecule has 0 saturated heterocycles. The molecule has 0 aromatic carbocycles. The Morgan fingerprint density at radius 3 is 3.00 bits per heavy atom. The molecular formula is C11H16N4. The van der Waals surface area contributed by atoms with Gasteiger partial charge in [0.05, 0.1) is 6.20 Å². The molecule has 2 rings (SSSR count). The Hall–Kier alpha value is -1.42. The van der Waals surface area contributed by atoms with Crippen molar-refractivity contribution in [2.24, 2.45) is 5.73 Å².